The van der Waals surface area contributed by atoms with Gasteiger partial charge in [0, 0.05) is 55.2 Å². The molecule has 2 aromatic heterocycles. The van der Waals surface area contributed by atoms with E-state index in [1.807, 2.05) is 62.5 Å². The van der Waals surface area contributed by atoms with Crippen molar-refractivity contribution in [2.24, 2.45) is 7.05 Å². The highest BCUT2D eigenvalue weighted by Crippen LogP contribution is 2.32. The minimum atomic E-state index is -0.317. The zero-order valence-corrected chi connectivity index (χ0v) is 26.5. The number of piperazine rings is 1. The molecule has 0 radical (unpaired) electrons. The normalized spacial score (nSPS) is 17.0. The Hall–Kier alpha value is -4.28. The third kappa shape index (κ3) is 5.79. The van der Waals surface area contributed by atoms with Crippen LogP contribution in [-0.4, -0.2) is 57.8 Å². The number of hydrogen-bond acceptors (Lipinski definition) is 7. The van der Waals surface area contributed by atoms with E-state index in [4.69, 9.17) is 4.98 Å². The molecule has 1 unspecified atom stereocenters. The fourth-order valence-corrected chi connectivity index (χ4v) is 7.26. The molecule has 1 fully saturated rings. The highest BCUT2D eigenvalue weighted by atomic mass is 32.1. The van der Waals surface area contributed by atoms with Crippen LogP contribution >= 0.6 is 11.3 Å². The van der Waals surface area contributed by atoms with Gasteiger partial charge in [0.05, 0.1) is 10.6 Å². The molecule has 2 N–H and O–H groups in total. The van der Waals surface area contributed by atoms with Gasteiger partial charge in [0.1, 0.15) is 6.04 Å². The van der Waals surface area contributed by atoms with Crippen LogP contribution < -0.4 is 16.2 Å². The molecule has 2 aliphatic rings. The van der Waals surface area contributed by atoms with E-state index in [0.717, 1.165) is 54.0 Å². The van der Waals surface area contributed by atoms with Crippen LogP contribution in [-0.2, 0) is 24.7 Å². The van der Waals surface area contributed by atoms with Crippen molar-refractivity contribution in [3.63, 3.8) is 0 Å². The molecule has 44 heavy (non-hydrogen) atoms. The summed E-state index contributed by atoms with van der Waals surface area (Å²) in [5, 5.41) is 6.29. The molecular weight excluding hydrogens is 572 g/mol. The van der Waals surface area contributed by atoms with Crippen molar-refractivity contribution >= 4 is 40.3 Å². The van der Waals surface area contributed by atoms with E-state index in [2.05, 4.69) is 22.5 Å². The first kappa shape index (κ1) is 29.8. The topological polar surface area (TPSA) is 99.6 Å². The number of anilines is 3. The van der Waals surface area contributed by atoms with Gasteiger partial charge in [0.2, 0.25) is 5.91 Å². The third-order valence-electron chi connectivity index (χ3n) is 8.74. The lowest BCUT2D eigenvalue weighted by Crippen LogP contribution is -2.50. The number of carbonyl (C=O) groups is 2. The molecule has 3 heterocycles. The van der Waals surface area contributed by atoms with Gasteiger partial charge in [0.15, 0.2) is 5.82 Å². The van der Waals surface area contributed by atoms with Crippen LogP contribution in [0.5, 0.6) is 0 Å². The van der Waals surface area contributed by atoms with Gasteiger partial charge in [0.25, 0.3) is 11.5 Å². The van der Waals surface area contributed by atoms with Crippen molar-refractivity contribution < 1.29 is 9.59 Å². The van der Waals surface area contributed by atoms with Gasteiger partial charge in [-0.15, -0.1) is 11.3 Å². The number of fused-ring (bicyclic) bond motifs is 1. The number of aryl methyl sites for hydroxylation is 3. The Morgan fingerprint density at radius 3 is 2.57 bits per heavy atom. The zero-order valence-electron chi connectivity index (χ0n) is 25.6. The molecule has 6 rings (SSSR count). The highest BCUT2D eigenvalue weighted by Gasteiger charge is 2.33. The number of carbonyl (C=O) groups excluding carboxylic acids is 2. The lowest BCUT2D eigenvalue weighted by atomic mass is 9.99. The summed E-state index contributed by atoms with van der Waals surface area (Å²) in [7, 11) is 3.54. The molecule has 4 aromatic rings. The maximum atomic E-state index is 13.2. The van der Waals surface area contributed by atoms with Crippen LogP contribution in [0.1, 0.15) is 57.0 Å². The molecule has 1 aliphatic carbocycles. The number of benzene rings is 2. The Morgan fingerprint density at radius 1 is 1.05 bits per heavy atom. The number of aromatic nitrogens is 2. The number of thiophene rings is 1. The summed E-state index contributed by atoms with van der Waals surface area (Å²) in [5.74, 6) is 0.178. The smallest absolute Gasteiger partial charge is 0.293 e. The minimum Gasteiger partial charge on any atom is -0.343 e. The number of likely N-dealkylation sites (N-methyl/N-ethyl adjacent to an activating group) is 2. The van der Waals surface area contributed by atoms with Crippen molar-refractivity contribution in [1.82, 2.24) is 19.4 Å². The molecule has 0 spiro atoms. The molecule has 1 atom stereocenters. The standard InChI is InChI=1S/C34H38N6O3S/c1-5-40-18-17-38(3)33(42)30(40)22-13-15-24(16-14-22)35-31-34(43)39(4)20-27(36-31)25-10-8-11-26(21(25)2)37-32(41)29-19-23-9-6-7-12-28(23)44-29/h8,10-11,13-16,19-20,30H,5-7,9,12,17-18H2,1-4H3,(H,35,36)(H,37,41). The van der Waals surface area contributed by atoms with Crippen molar-refractivity contribution in [1.29, 1.82) is 0 Å². The van der Waals surface area contributed by atoms with E-state index >= 15 is 0 Å². The molecule has 9 nitrogen and oxygen atoms in total. The van der Waals surface area contributed by atoms with Gasteiger partial charge >= 0.3 is 0 Å². The Labute approximate surface area is 261 Å². The van der Waals surface area contributed by atoms with Crippen LogP contribution in [0.15, 0.2) is 59.5 Å². The fourth-order valence-electron chi connectivity index (χ4n) is 6.11. The lowest BCUT2D eigenvalue weighted by molar-refractivity contribution is -0.140. The van der Waals surface area contributed by atoms with E-state index in [1.54, 1.807) is 29.5 Å². The van der Waals surface area contributed by atoms with E-state index < -0.39 is 0 Å². The van der Waals surface area contributed by atoms with E-state index in [0.29, 0.717) is 17.1 Å². The maximum absolute atomic E-state index is 13.2. The quantitative estimate of drug-likeness (QED) is 0.286. The number of nitrogens with one attached hydrogen (secondary N) is 2. The number of nitrogens with zero attached hydrogens (tertiary/aromatic N) is 4. The Kier molecular flexibility index (Phi) is 8.38. The highest BCUT2D eigenvalue weighted by molar-refractivity contribution is 7.14. The van der Waals surface area contributed by atoms with Crippen molar-refractivity contribution in [2.75, 3.05) is 37.3 Å². The van der Waals surface area contributed by atoms with E-state index in [-0.39, 0.29) is 29.2 Å². The van der Waals surface area contributed by atoms with Crippen LogP contribution in [0.25, 0.3) is 11.3 Å². The second kappa shape index (κ2) is 12.4. The summed E-state index contributed by atoms with van der Waals surface area (Å²) in [6.45, 7) is 6.36. The molecule has 2 aromatic carbocycles. The number of hydrogen-bond donors (Lipinski definition) is 2. The van der Waals surface area contributed by atoms with Gasteiger partial charge in [-0.3, -0.25) is 19.3 Å². The van der Waals surface area contributed by atoms with Crippen LogP contribution in [0.3, 0.4) is 0 Å². The first-order valence-corrected chi connectivity index (χ1v) is 16.0. The third-order valence-corrected chi connectivity index (χ3v) is 9.98. The van der Waals surface area contributed by atoms with Gasteiger partial charge in [-0.05, 0) is 80.1 Å². The van der Waals surface area contributed by atoms with Crippen LogP contribution in [0.2, 0.25) is 0 Å². The maximum Gasteiger partial charge on any atom is 0.293 e. The van der Waals surface area contributed by atoms with Gasteiger partial charge in [-0.25, -0.2) is 4.98 Å². The summed E-state index contributed by atoms with van der Waals surface area (Å²) >= 11 is 1.59. The zero-order chi connectivity index (χ0) is 31.0. The second-order valence-corrected chi connectivity index (χ2v) is 12.8. The molecule has 2 amide bonds. The Balaban J connectivity index is 1.23. The largest absolute Gasteiger partial charge is 0.343 e. The molecule has 1 aliphatic heterocycles. The molecule has 0 saturated carbocycles. The number of amides is 2. The number of rotatable bonds is 7. The second-order valence-electron chi connectivity index (χ2n) is 11.6. The molecular formula is C34H38N6O3S. The van der Waals surface area contributed by atoms with Gasteiger partial charge < -0.3 is 20.1 Å². The Bertz CT molecular complexity index is 1750. The SMILES string of the molecule is CCN1CCN(C)C(=O)C1c1ccc(Nc2nc(-c3cccc(NC(=O)c4cc5c(s4)CCCC5)c3C)cn(C)c2=O)cc1. The summed E-state index contributed by atoms with van der Waals surface area (Å²) in [6.07, 6.45) is 6.17. The van der Waals surface area contributed by atoms with Crippen molar-refractivity contribution in [3.05, 3.63) is 91.5 Å². The van der Waals surface area contributed by atoms with Crippen molar-refractivity contribution in [3.8, 4) is 11.3 Å². The van der Waals surface area contributed by atoms with Crippen molar-refractivity contribution in [2.45, 2.75) is 45.6 Å². The summed E-state index contributed by atoms with van der Waals surface area (Å²) in [5.41, 5.74) is 5.67. The Morgan fingerprint density at radius 2 is 1.82 bits per heavy atom. The van der Waals surface area contributed by atoms with Gasteiger partial charge in [-0.2, -0.15) is 0 Å². The van der Waals surface area contributed by atoms with Crippen LogP contribution in [0.4, 0.5) is 17.2 Å². The molecule has 10 heteroatoms. The average molecular weight is 611 g/mol. The lowest BCUT2D eigenvalue weighted by Gasteiger charge is -2.38. The molecule has 0 bridgehead atoms. The van der Waals surface area contributed by atoms with Crippen LogP contribution in [0, 0.1) is 6.92 Å². The summed E-state index contributed by atoms with van der Waals surface area (Å²) in [4.78, 5) is 50.0. The first-order valence-electron chi connectivity index (χ1n) is 15.2. The minimum absolute atomic E-state index is 0.0883. The van der Waals surface area contributed by atoms with Gasteiger partial charge in [-0.1, -0.05) is 31.2 Å². The van der Waals surface area contributed by atoms with E-state index in [1.165, 1.54) is 27.8 Å². The van der Waals surface area contributed by atoms with E-state index in [9.17, 15) is 14.4 Å². The fraction of sp³-hybridized carbons (Fsp3) is 0.353. The molecule has 228 valence electrons. The predicted molar refractivity (Wildman–Crippen MR) is 176 cm³/mol. The molecule has 1 saturated heterocycles. The first-order chi connectivity index (χ1) is 21.2. The average Bonchev–Trinajstić information content (AvgIpc) is 3.47. The summed E-state index contributed by atoms with van der Waals surface area (Å²) < 4.78 is 1.51. The summed E-state index contributed by atoms with van der Waals surface area (Å²) in [6, 6.07) is 15.1. The monoisotopic (exact) mass is 610 g/mol. The predicted octanol–water partition coefficient (Wildman–Crippen LogP) is 5.53.